The Morgan fingerprint density at radius 3 is 2.71 bits per heavy atom. The van der Waals surface area contributed by atoms with Crippen LogP contribution in [-0.4, -0.2) is 26.4 Å². The smallest absolute Gasteiger partial charge is 0.234 e. The summed E-state index contributed by atoms with van der Waals surface area (Å²) in [6.45, 7) is 12.3. The molecule has 0 spiro atoms. The van der Waals surface area contributed by atoms with E-state index in [0.29, 0.717) is 17.5 Å². The number of nitrogens with one attached hydrogen (secondary N) is 1. The molecule has 0 aliphatic rings. The molecule has 0 bridgehead atoms. The van der Waals surface area contributed by atoms with E-state index in [1.807, 2.05) is 74.7 Å². The Kier molecular flexibility index (Phi) is 7.52. The molecule has 7 heteroatoms. The van der Waals surface area contributed by atoms with Crippen molar-refractivity contribution in [3.05, 3.63) is 77.6 Å². The number of nitrogens with zero attached hydrogens (tertiary/aromatic N) is 3. The van der Waals surface area contributed by atoms with E-state index in [2.05, 4.69) is 22.1 Å². The van der Waals surface area contributed by atoms with Crippen molar-refractivity contribution in [2.75, 3.05) is 11.1 Å². The third-order valence-corrected chi connectivity index (χ3v) is 5.78. The summed E-state index contributed by atoms with van der Waals surface area (Å²) in [6, 6.07) is 13.9. The van der Waals surface area contributed by atoms with Crippen molar-refractivity contribution >= 4 is 23.4 Å². The van der Waals surface area contributed by atoms with Crippen molar-refractivity contribution in [1.29, 1.82) is 0 Å². The third-order valence-electron chi connectivity index (χ3n) is 4.82. The van der Waals surface area contributed by atoms with Gasteiger partial charge in [0, 0.05) is 12.2 Å². The fourth-order valence-electron chi connectivity index (χ4n) is 3.13. The van der Waals surface area contributed by atoms with E-state index in [1.54, 1.807) is 6.08 Å². The largest absolute Gasteiger partial charge is 0.482 e. The van der Waals surface area contributed by atoms with Gasteiger partial charge in [-0.2, -0.15) is 0 Å². The van der Waals surface area contributed by atoms with Gasteiger partial charge in [-0.25, -0.2) is 0 Å². The molecule has 2 aromatic carbocycles. The predicted molar refractivity (Wildman–Crippen MR) is 126 cm³/mol. The number of allylic oxidation sites excluding steroid dienone is 1. The number of aromatic nitrogens is 3. The lowest BCUT2D eigenvalue weighted by Gasteiger charge is -2.17. The zero-order chi connectivity index (χ0) is 22.4. The second-order valence-corrected chi connectivity index (χ2v) is 8.36. The maximum absolute atomic E-state index is 12.5. The van der Waals surface area contributed by atoms with Crippen molar-refractivity contribution in [2.24, 2.45) is 0 Å². The van der Waals surface area contributed by atoms with E-state index >= 15 is 0 Å². The van der Waals surface area contributed by atoms with Crippen LogP contribution in [0.1, 0.15) is 35.5 Å². The second kappa shape index (κ2) is 10.3. The molecule has 0 radical (unpaired) electrons. The summed E-state index contributed by atoms with van der Waals surface area (Å²) in [6.07, 6.45) is 1.49. The number of para-hydroxylation sites is 1. The lowest BCUT2D eigenvalue weighted by atomic mass is 10.1. The van der Waals surface area contributed by atoms with Crippen LogP contribution in [0.4, 0.5) is 5.69 Å². The van der Waals surface area contributed by atoms with Gasteiger partial charge >= 0.3 is 0 Å². The first-order valence-corrected chi connectivity index (χ1v) is 11.1. The summed E-state index contributed by atoms with van der Waals surface area (Å²) in [5.74, 6) is 1.65. The highest BCUT2D eigenvalue weighted by atomic mass is 32.2. The molecule has 162 valence electrons. The number of anilines is 1. The molecular formula is C24H28N4O2S. The van der Waals surface area contributed by atoms with Gasteiger partial charge in [0.05, 0.1) is 5.75 Å². The first kappa shape index (κ1) is 22.6. The quantitative estimate of drug-likeness (QED) is 0.366. The van der Waals surface area contributed by atoms with E-state index in [9.17, 15) is 4.79 Å². The normalized spacial score (nSPS) is 11.7. The molecule has 6 nitrogen and oxygen atoms in total. The van der Waals surface area contributed by atoms with Crippen LogP contribution >= 0.6 is 11.8 Å². The van der Waals surface area contributed by atoms with Crippen molar-refractivity contribution in [1.82, 2.24) is 14.8 Å². The van der Waals surface area contributed by atoms with E-state index in [0.717, 1.165) is 28.1 Å². The molecule has 3 aromatic rings. The number of rotatable bonds is 9. The van der Waals surface area contributed by atoms with Gasteiger partial charge in [0.2, 0.25) is 5.91 Å². The van der Waals surface area contributed by atoms with E-state index < -0.39 is 0 Å². The van der Waals surface area contributed by atoms with Crippen LogP contribution in [0.5, 0.6) is 5.75 Å². The molecular weight excluding hydrogens is 408 g/mol. The molecule has 1 heterocycles. The zero-order valence-corrected chi connectivity index (χ0v) is 19.2. The van der Waals surface area contributed by atoms with Gasteiger partial charge in [0.1, 0.15) is 5.75 Å². The molecule has 1 N–H and O–H groups in total. The number of hydrogen-bond acceptors (Lipinski definition) is 5. The maximum atomic E-state index is 12.5. The molecule has 0 aliphatic carbocycles. The van der Waals surface area contributed by atoms with Crippen LogP contribution in [0, 0.1) is 20.8 Å². The molecule has 3 rings (SSSR count). The number of benzene rings is 2. The molecule has 1 unspecified atom stereocenters. The Hall–Kier alpha value is -3.06. The van der Waals surface area contributed by atoms with Crippen molar-refractivity contribution in [2.45, 2.75) is 45.5 Å². The highest BCUT2D eigenvalue weighted by Crippen LogP contribution is 2.27. The fourth-order valence-corrected chi connectivity index (χ4v) is 3.88. The highest BCUT2D eigenvalue weighted by Gasteiger charge is 2.20. The Labute approximate surface area is 187 Å². The SMILES string of the molecule is C=CCn1c(SCC(=O)Nc2cc(C)ccc2C)nnc1C(C)Oc1ccccc1C. The Bertz CT molecular complexity index is 1080. The number of ether oxygens (including phenoxy) is 1. The van der Waals surface area contributed by atoms with Gasteiger partial charge in [-0.05, 0) is 56.5 Å². The molecule has 0 fully saturated rings. The van der Waals surface area contributed by atoms with Gasteiger partial charge < -0.3 is 10.1 Å². The number of hydrogen-bond donors (Lipinski definition) is 1. The van der Waals surface area contributed by atoms with Crippen LogP contribution in [0.25, 0.3) is 0 Å². The molecule has 0 saturated carbocycles. The van der Waals surface area contributed by atoms with Crippen molar-refractivity contribution in [3.8, 4) is 5.75 Å². The highest BCUT2D eigenvalue weighted by molar-refractivity contribution is 7.99. The fraction of sp³-hybridized carbons (Fsp3) is 0.292. The molecule has 0 saturated heterocycles. The van der Waals surface area contributed by atoms with E-state index in [-0.39, 0.29) is 17.8 Å². The first-order chi connectivity index (χ1) is 14.9. The standard InChI is InChI=1S/C24H28N4O2S/c1-6-13-28-23(19(5)30-21-10-8-7-9-18(21)4)26-27-24(28)31-15-22(29)25-20-14-16(2)11-12-17(20)3/h6-12,14,19H,1,13,15H2,2-5H3,(H,25,29). The minimum atomic E-state index is -0.299. The average Bonchev–Trinajstić information content (AvgIpc) is 3.14. The van der Waals surface area contributed by atoms with Crippen molar-refractivity contribution in [3.63, 3.8) is 0 Å². The number of carbonyl (C=O) groups is 1. The summed E-state index contributed by atoms with van der Waals surface area (Å²) in [4.78, 5) is 12.5. The number of aryl methyl sites for hydroxylation is 3. The third kappa shape index (κ3) is 5.76. The summed E-state index contributed by atoms with van der Waals surface area (Å²) < 4.78 is 8.05. The van der Waals surface area contributed by atoms with Crippen LogP contribution in [0.3, 0.4) is 0 Å². The van der Waals surface area contributed by atoms with Gasteiger partial charge in [-0.3, -0.25) is 9.36 Å². The van der Waals surface area contributed by atoms with E-state index in [4.69, 9.17) is 4.74 Å². The topological polar surface area (TPSA) is 69.0 Å². The lowest BCUT2D eigenvalue weighted by Crippen LogP contribution is -2.16. The zero-order valence-electron chi connectivity index (χ0n) is 18.4. The number of thioether (sulfide) groups is 1. The van der Waals surface area contributed by atoms with Gasteiger partial charge in [-0.15, -0.1) is 16.8 Å². The molecule has 1 aromatic heterocycles. The van der Waals surface area contributed by atoms with Crippen LogP contribution in [0.2, 0.25) is 0 Å². The Morgan fingerprint density at radius 1 is 1.19 bits per heavy atom. The molecule has 1 amide bonds. The summed E-state index contributed by atoms with van der Waals surface area (Å²) >= 11 is 1.35. The van der Waals surface area contributed by atoms with E-state index in [1.165, 1.54) is 11.8 Å². The summed E-state index contributed by atoms with van der Waals surface area (Å²) in [7, 11) is 0. The van der Waals surface area contributed by atoms with Gasteiger partial charge in [0.15, 0.2) is 17.1 Å². The monoisotopic (exact) mass is 436 g/mol. The Balaban J connectivity index is 1.69. The van der Waals surface area contributed by atoms with Crippen LogP contribution in [-0.2, 0) is 11.3 Å². The Morgan fingerprint density at radius 2 is 1.97 bits per heavy atom. The first-order valence-electron chi connectivity index (χ1n) is 10.1. The molecule has 0 aliphatic heterocycles. The number of amides is 1. The lowest BCUT2D eigenvalue weighted by molar-refractivity contribution is -0.113. The number of carbonyl (C=O) groups excluding carboxylic acids is 1. The molecule has 1 atom stereocenters. The minimum Gasteiger partial charge on any atom is -0.482 e. The second-order valence-electron chi connectivity index (χ2n) is 7.42. The van der Waals surface area contributed by atoms with Crippen molar-refractivity contribution < 1.29 is 9.53 Å². The summed E-state index contributed by atoms with van der Waals surface area (Å²) in [5, 5.41) is 12.3. The molecule has 31 heavy (non-hydrogen) atoms. The predicted octanol–water partition coefficient (Wildman–Crippen LogP) is 5.26. The minimum absolute atomic E-state index is 0.0855. The average molecular weight is 437 g/mol. The van der Waals surface area contributed by atoms with Crippen LogP contribution < -0.4 is 10.1 Å². The van der Waals surface area contributed by atoms with Crippen LogP contribution in [0.15, 0.2) is 60.3 Å². The van der Waals surface area contributed by atoms with Gasteiger partial charge in [0.25, 0.3) is 0 Å². The summed E-state index contributed by atoms with van der Waals surface area (Å²) in [5.41, 5.74) is 4.02. The van der Waals surface area contributed by atoms with Gasteiger partial charge in [-0.1, -0.05) is 48.2 Å². The maximum Gasteiger partial charge on any atom is 0.234 e.